The summed E-state index contributed by atoms with van der Waals surface area (Å²) in [5, 5.41) is 7.35. The molecule has 2 heterocycles. The molecule has 8 heteroatoms. The van der Waals surface area contributed by atoms with Crippen molar-refractivity contribution in [2.75, 3.05) is 11.9 Å². The molecule has 0 aliphatic rings. The van der Waals surface area contributed by atoms with Gasteiger partial charge in [-0.25, -0.2) is 4.98 Å². The Kier molecular flexibility index (Phi) is 5.89. The van der Waals surface area contributed by atoms with Crippen molar-refractivity contribution >= 4 is 33.8 Å². The van der Waals surface area contributed by atoms with Gasteiger partial charge >= 0.3 is 0 Å². The molecule has 3 aromatic rings. The average Bonchev–Trinajstić information content (AvgIpc) is 3.17. The van der Waals surface area contributed by atoms with E-state index in [0.29, 0.717) is 28.7 Å². The number of anilines is 1. The van der Waals surface area contributed by atoms with Crippen LogP contribution in [0.15, 0.2) is 40.8 Å². The molecule has 1 aromatic carbocycles. The summed E-state index contributed by atoms with van der Waals surface area (Å²) in [6, 6.07) is 5.10. The van der Waals surface area contributed by atoms with Gasteiger partial charge in [0, 0.05) is 35.6 Å². The molecule has 7 nitrogen and oxygen atoms in total. The fourth-order valence-electron chi connectivity index (χ4n) is 2.58. The van der Waals surface area contributed by atoms with Crippen LogP contribution >= 0.6 is 11.3 Å². The molecule has 0 saturated carbocycles. The van der Waals surface area contributed by atoms with Gasteiger partial charge in [0.1, 0.15) is 5.56 Å². The predicted octanol–water partition coefficient (Wildman–Crippen LogP) is 3.09. The number of nitrogens with zero attached hydrogens (tertiary/aromatic N) is 2. The Morgan fingerprint density at radius 1 is 1.29 bits per heavy atom. The van der Waals surface area contributed by atoms with Crippen LogP contribution in [0.2, 0.25) is 0 Å². The monoisotopic (exact) mass is 398 g/mol. The maximum atomic E-state index is 12.6. The Hall–Kier alpha value is -3.00. The van der Waals surface area contributed by atoms with Crippen molar-refractivity contribution in [3.63, 3.8) is 0 Å². The van der Waals surface area contributed by atoms with E-state index in [1.807, 2.05) is 6.92 Å². The van der Waals surface area contributed by atoms with Crippen molar-refractivity contribution in [2.45, 2.75) is 27.2 Å². The van der Waals surface area contributed by atoms with Crippen molar-refractivity contribution in [2.24, 2.45) is 5.92 Å². The fourth-order valence-corrected chi connectivity index (χ4v) is 3.26. The van der Waals surface area contributed by atoms with Crippen LogP contribution in [0.3, 0.4) is 0 Å². The summed E-state index contributed by atoms with van der Waals surface area (Å²) < 4.78 is 1.34. The topological polar surface area (TPSA) is 92.6 Å². The number of benzene rings is 1. The van der Waals surface area contributed by atoms with Gasteiger partial charge in [-0.15, -0.1) is 11.3 Å². The first-order valence-corrected chi connectivity index (χ1v) is 9.93. The molecule has 0 saturated heterocycles. The van der Waals surface area contributed by atoms with Gasteiger partial charge < -0.3 is 10.6 Å². The van der Waals surface area contributed by atoms with Gasteiger partial charge in [-0.05, 0) is 30.5 Å². The molecular formula is C20H22N4O3S. The molecule has 0 aliphatic heterocycles. The van der Waals surface area contributed by atoms with E-state index in [1.54, 1.807) is 29.8 Å². The molecule has 0 aliphatic carbocycles. The van der Waals surface area contributed by atoms with Gasteiger partial charge in [-0.3, -0.25) is 18.8 Å². The molecule has 0 radical (unpaired) electrons. The summed E-state index contributed by atoms with van der Waals surface area (Å²) in [5.74, 6) is -0.364. The standard InChI is InChI=1S/C20H22N4O3S/c1-4-12(2)10-21-17(25)14-6-5-13(3)16(9-14)23-18(26)15-11-22-20-24(19(15)27)7-8-28-20/h5-9,11-12H,4,10H2,1-3H3,(H,21,25)(H,23,26). The largest absolute Gasteiger partial charge is 0.352 e. The van der Waals surface area contributed by atoms with E-state index >= 15 is 0 Å². The third-order valence-corrected chi connectivity index (χ3v) is 5.41. The molecule has 0 spiro atoms. The second-order valence-electron chi connectivity index (χ2n) is 6.74. The number of nitrogens with one attached hydrogen (secondary N) is 2. The molecule has 146 valence electrons. The first kappa shape index (κ1) is 19.8. The van der Waals surface area contributed by atoms with Gasteiger partial charge in [0.15, 0.2) is 4.96 Å². The Morgan fingerprint density at radius 2 is 2.07 bits per heavy atom. The van der Waals surface area contributed by atoms with E-state index in [9.17, 15) is 14.4 Å². The zero-order valence-corrected chi connectivity index (χ0v) is 16.8. The van der Waals surface area contributed by atoms with Gasteiger partial charge in [-0.2, -0.15) is 0 Å². The van der Waals surface area contributed by atoms with Crippen molar-refractivity contribution in [1.82, 2.24) is 14.7 Å². The fraction of sp³-hybridized carbons (Fsp3) is 0.300. The van der Waals surface area contributed by atoms with Crippen molar-refractivity contribution < 1.29 is 9.59 Å². The number of carbonyl (C=O) groups is 2. The van der Waals surface area contributed by atoms with E-state index in [4.69, 9.17) is 0 Å². The molecule has 1 atom stereocenters. The van der Waals surface area contributed by atoms with Crippen LogP contribution in [0.1, 0.15) is 46.5 Å². The molecule has 0 fully saturated rings. The van der Waals surface area contributed by atoms with Crippen molar-refractivity contribution in [3.8, 4) is 0 Å². The average molecular weight is 398 g/mol. The highest BCUT2D eigenvalue weighted by Gasteiger charge is 2.16. The highest BCUT2D eigenvalue weighted by molar-refractivity contribution is 7.15. The van der Waals surface area contributed by atoms with Crippen LogP contribution in [-0.4, -0.2) is 27.7 Å². The predicted molar refractivity (Wildman–Crippen MR) is 110 cm³/mol. The minimum absolute atomic E-state index is 0.0538. The van der Waals surface area contributed by atoms with Gasteiger partial charge in [0.05, 0.1) is 0 Å². The quantitative estimate of drug-likeness (QED) is 0.667. The molecule has 2 amide bonds. The molecule has 1 unspecified atom stereocenters. The molecule has 2 N–H and O–H groups in total. The number of rotatable bonds is 6. The zero-order valence-electron chi connectivity index (χ0n) is 16.0. The van der Waals surface area contributed by atoms with Crippen molar-refractivity contribution in [1.29, 1.82) is 0 Å². The third-order valence-electron chi connectivity index (χ3n) is 4.64. The summed E-state index contributed by atoms with van der Waals surface area (Å²) in [4.78, 5) is 42.1. The molecule has 28 heavy (non-hydrogen) atoms. The third kappa shape index (κ3) is 4.12. The van der Waals surface area contributed by atoms with Gasteiger partial charge in [-0.1, -0.05) is 26.3 Å². The molecule has 3 rings (SSSR count). The lowest BCUT2D eigenvalue weighted by Gasteiger charge is -2.13. The Labute approximate surface area is 166 Å². The lowest BCUT2D eigenvalue weighted by atomic mass is 10.1. The summed E-state index contributed by atoms with van der Waals surface area (Å²) in [5.41, 5.74) is 1.24. The first-order chi connectivity index (χ1) is 13.4. The van der Waals surface area contributed by atoms with E-state index in [-0.39, 0.29) is 11.5 Å². The minimum atomic E-state index is -0.557. The van der Waals surface area contributed by atoms with Crippen LogP contribution in [0.25, 0.3) is 4.96 Å². The van der Waals surface area contributed by atoms with Gasteiger partial charge in [0.2, 0.25) is 0 Å². The lowest BCUT2D eigenvalue weighted by molar-refractivity contribution is 0.0946. The van der Waals surface area contributed by atoms with Crippen LogP contribution in [-0.2, 0) is 0 Å². The maximum absolute atomic E-state index is 12.6. The van der Waals surface area contributed by atoms with E-state index < -0.39 is 11.5 Å². The number of thiazole rings is 1. The number of hydrogen-bond acceptors (Lipinski definition) is 5. The normalized spacial score (nSPS) is 12.0. The lowest BCUT2D eigenvalue weighted by Crippen LogP contribution is -2.28. The molecular weight excluding hydrogens is 376 g/mol. The van der Waals surface area contributed by atoms with Crippen LogP contribution in [0.5, 0.6) is 0 Å². The van der Waals surface area contributed by atoms with E-state index in [1.165, 1.54) is 21.9 Å². The minimum Gasteiger partial charge on any atom is -0.352 e. The zero-order chi connectivity index (χ0) is 20.3. The van der Waals surface area contributed by atoms with Crippen molar-refractivity contribution in [3.05, 3.63) is 63.0 Å². The molecule has 0 bridgehead atoms. The van der Waals surface area contributed by atoms with Crippen LogP contribution in [0.4, 0.5) is 5.69 Å². The summed E-state index contributed by atoms with van der Waals surface area (Å²) >= 11 is 1.32. The Morgan fingerprint density at radius 3 is 2.82 bits per heavy atom. The van der Waals surface area contributed by atoms with Crippen LogP contribution < -0.4 is 16.2 Å². The number of fused-ring (bicyclic) bond motifs is 1. The van der Waals surface area contributed by atoms with E-state index in [0.717, 1.165) is 12.0 Å². The number of aryl methyl sites for hydroxylation is 1. The summed E-state index contributed by atoms with van der Waals surface area (Å²) in [6.45, 7) is 6.55. The second kappa shape index (κ2) is 8.35. The second-order valence-corrected chi connectivity index (χ2v) is 7.61. The number of carbonyl (C=O) groups excluding carboxylic acids is 2. The summed E-state index contributed by atoms with van der Waals surface area (Å²) in [6.07, 6.45) is 3.84. The first-order valence-electron chi connectivity index (χ1n) is 9.05. The summed E-state index contributed by atoms with van der Waals surface area (Å²) in [7, 11) is 0. The van der Waals surface area contributed by atoms with E-state index in [2.05, 4.69) is 29.5 Å². The van der Waals surface area contributed by atoms with Crippen LogP contribution in [0, 0.1) is 12.8 Å². The molecule has 2 aromatic heterocycles. The Balaban J connectivity index is 1.81. The highest BCUT2D eigenvalue weighted by Crippen LogP contribution is 2.18. The number of aromatic nitrogens is 2. The number of amides is 2. The SMILES string of the molecule is CCC(C)CNC(=O)c1ccc(C)c(NC(=O)c2cnc3sccn3c2=O)c1. The maximum Gasteiger partial charge on any atom is 0.271 e. The number of hydrogen-bond donors (Lipinski definition) is 2. The van der Waals surface area contributed by atoms with Gasteiger partial charge in [0.25, 0.3) is 17.4 Å². The Bertz CT molecular complexity index is 1090. The smallest absolute Gasteiger partial charge is 0.271 e. The highest BCUT2D eigenvalue weighted by atomic mass is 32.1.